The molecule has 0 aliphatic heterocycles. The fraction of sp³-hybridized carbons (Fsp3) is 0.0952. The van der Waals surface area contributed by atoms with Crippen LogP contribution in [0.3, 0.4) is 0 Å². The van der Waals surface area contributed by atoms with E-state index in [1.165, 1.54) is 6.07 Å². The first-order valence-electron chi connectivity index (χ1n) is 8.95. The Kier molecular flexibility index (Phi) is 6.21. The molecule has 31 heavy (non-hydrogen) atoms. The molecule has 0 unspecified atom stereocenters. The van der Waals surface area contributed by atoms with Gasteiger partial charge < -0.3 is 4.74 Å². The highest BCUT2D eigenvalue weighted by Crippen LogP contribution is 2.18. The number of methoxy groups -OCH3 is 1. The SMILES string of the molecule is COc1ccc(/C=C/c2cc(C)cc(=O)n2OS(=O)(=O)c2ccc([N+](=O)[O-])cc2)cc1. The second kappa shape index (κ2) is 8.84. The largest absolute Gasteiger partial charge is 0.497 e. The van der Waals surface area contributed by atoms with Crippen molar-refractivity contribution in [3.63, 3.8) is 0 Å². The van der Waals surface area contributed by atoms with Crippen LogP contribution in [0.1, 0.15) is 16.8 Å². The van der Waals surface area contributed by atoms with Gasteiger partial charge in [-0.15, -0.1) is 4.73 Å². The highest BCUT2D eigenvalue weighted by Gasteiger charge is 2.20. The van der Waals surface area contributed by atoms with E-state index in [0.29, 0.717) is 16.0 Å². The summed E-state index contributed by atoms with van der Waals surface area (Å²) in [5.41, 5.74) is 0.659. The molecule has 0 aliphatic carbocycles. The monoisotopic (exact) mass is 442 g/mol. The summed E-state index contributed by atoms with van der Waals surface area (Å²) in [4.78, 5) is 22.2. The molecular weight excluding hydrogens is 424 g/mol. The molecule has 3 rings (SSSR count). The van der Waals surface area contributed by atoms with Crippen LogP contribution in [0.25, 0.3) is 12.2 Å². The van der Waals surface area contributed by atoms with Crippen LogP contribution in [0.5, 0.6) is 5.75 Å². The number of nitro groups is 1. The molecule has 1 heterocycles. The molecule has 0 saturated heterocycles. The van der Waals surface area contributed by atoms with Crippen molar-refractivity contribution in [2.75, 3.05) is 7.11 Å². The first-order chi connectivity index (χ1) is 14.7. The van der Waals surface area contributed by atoms with Gasteiger partial charge in [-0.3, -0.25) is 19.2 Å². The van der Waals surface area contributed by atoms with Gasteiger partial charge in [0.05, 0.1) is 17.7 Å². The molecule has 0 aliphatic rings. The average molecular weight is 442 g/mol. The first kappa shape index (κ1) is 21.8. The molecular formula is C21H18N2O7S. The predicted octanol–water partition coefficient (Wildman–Crippen LogP) is 3.06. The molecule has 0 radical (unpaired) electrons. The molecule has 0 N–H and O–H groups in total. The molecule has 0 atom stereocenters. The third-order valence-corrected chi connectivity index (χ3v) is 5.43. The highest BCUT2D eigenvalue weighted by molar-refractivity contribution is 7.87. The molecule has 2 aromatic carbocycles. The van der Waals surface area contributed by atoms with Crippen LogP contribution in [0.4, 0.5) is 5.69 Å². The quantitative estimate of drug-likeness (QED) is 0.408. The van der Waals surface area contributed by atoms with Crippen LogP contribution in [-0.4, -0.2) is 25.2 Å². The van der Waals surface area contributed by atoms with Crippen molar-refractivity contribution in [1.29, 1.82) is 0 Å². The molecule has 160 valence electrons. The van der Waals surface area contributed by atoms with Crippen LogP contribution in [0.2, 0.25) is 0 Å². The van der Waals surface area contributed by atoms with Gasteiger partial charge in [0.2, 0.25) is 0 Å². The van der Waals surface area contributed by atoms with E-state index in [9.17, 15) is 23.3 Å². The maximum atomic E-state index is 12.6. The lowest BCUT2D eigenvalue weighted by Gasteiger charge is -2.12. The fourth-order valence-electron chi connectivity index (χ4n) is 2.68. The molecule has 0 bridgehead atoms. The predicted molar refractivity (Wildman–Crippen MR) is 114 cm³/mol. The van der Waals surface area contributed by atoms with Crippen LogP contribution in [-0.2, 0) is 10.1 Å². The summed E-state index contributed by atoms with van der Waals surface area (Å²) in [5.74, 6) is 0.683. The Bertz CT molecular complexity index is 1290. The number of non-ortho nitro benzene ring substituents is 1. The number of hydrogen-bond donors (Lipinski definition) is 0. The maximum absolute atomic E-state index is 12.6. The summed E-state index contributed by atoms with van der Waals surface area (Å²) in [6, 6.07) is 14.1. The molecule has 1 aromatic heterocycles. The van der Waals surface area contributed by atoms with Gasteiger partial charge in [-0.05, 0) is 54.5 Å². The van der Waals surface area contributed by atoms with Crippen LogP contribution < -0.4 is 14.6 Å². The topological polar surface area (TPSA) is 118 Å². The number of nitro benzene ring substituents is 1. The molecule has 0 fully saturated rings. The van der Waals surface area contributed by atoms with Crippen molar-refractivity contribution in [2.24, 2.45) is 0 Å². The van der Waals surface area contributed by atoms with E-state index >= 15 is 0 Å². The molecule has 9 nitrogen and oxygen atoms in total. The van der Waals surface area contributed by atoms with Gasteiger partial charge >= 0.3 is 10.1 Å². The van der Waals surface area contributed by atoms with Gasteiger partial charge in [0.25, 0.3) is 11.2 Å². The molecule has 10 heteroatoms. The van der Waals surface area contributed by atoms with E-state index in [0.717, 1.165) is 29.8 Å². The van der Waals surface area contributed by atoms with Crippen LogP contribution in [0, 0.1) is 17.0 Å². The van der Waals surface area contributed by atoms with Gasteiger partial charge in [0.1, 0.15) is 10.6 Å². The van der Waals surface area contributed by atoms with Crippen LogP contribution in [0.15, 0.2) is 70.4 Å². The van der Waals surface area contributed by atoms with Crippen molar-refractivity contribution in [3.8, 4) is 5.75 Å². The Morgan fingerprint density at radius 3 is 2.23 bits per heavy atom. The minimum atomic E-state index is -4.42. The Morgan fingerprint density at radius 2 is 1.65 bits per heavy atom. The number of hydrogen-bond acceptors (Lipinski definition) is 7. The van der Waals surface area contributed by atoms with E-state index in [2.05, 4.69) is 0 Å². The fourth-order valence-corrected chi connectivity index (χ4v) is 3.59. The Hall–Kier alpha value is -3.92. The average Bonchev–Trinajstić information content (AvgIpc) is 2.74. The second-order valence-corrected chi connectivity index (χ2v) is 8.01. The minimum absolute atomic E-state index is 0.200. The zero-order chi connectivity index (χ0) is 22.6. The summed E-state index contributed by atoms with van der Waals surface area (Å²) in [6.07, 6.45) is 3.23. The number of benzene rings is 2. The molecule has 3 aromatic rings. The van der Waals surface area contributed by atoms with Crippen molar-refractivity contribution >= 4 is 28.0 Å². The van der Waals surface area contributed by atoms with E-state index in [4.69, 9.17) is 9.02 Å². The van der Waals surface area contributed by atoms with E-state index in [-0.39, 0.29) is 16.3 Å². The van der Waals surface area contributed by atoms with E-state index in [1.807, 2.05) is 0 Å². The molecule has 0 spiro atoms. The zero-order valence-corrected chi connectivity index (χ0v) is 17.4. The second-order valence-electron chi connectivity index (χ2n) is 6.48. The number of aromatic nitrogens is 1. The number of pyridine rings is 1. The first-order valence-corrected chi connectivity index (χ1v) is 10.4. The number of rotatable bonds is 7. The summed E-state index contributed by atoms with van der Waals surface area (Å²) in [6.45, 7) is 1.70. The summed E-state index contributed by atoms with van der Waals surface area (Å²) in [5, 5.41) is 10.8. The normalized spacial score (nSPS) is 11.4. The highest BCUT2D eigenvalue weighted by atomic mass is 32.2. The maximum Gasteiger partial charge on any atom is 0.357 e. The third kappa shape index (κ3) is 5.17. The standard InChI is InChI=1S/C21H18N2O7S/c1-15-13-18(6-3-16-4-9-19(29-2)10-5-16)22(21(24)14-15)30-31(27,28)20-11-7-17(8-12-20)23(25)26/h3-14H,1-2H3/b6-3+. The third-order valence-electron chi connectivity index (χ3n) is 4.23. The van der Waals surface area contributed by atoms with E-state index in [1.54, 1.807) is 56.5 Å². The van der Waals surface area contributed by atoms with Gasteiger partial charge in [-0.2, -0.15) is 8.42 Å². The number of nitrogens with zero attached hydrogens (tertiary/aromatic N) is 2. The van der Waals surface area contributed by atoms with Crippen LogP contribution >= 0.6 is 0 Å². The van der Waals surface area contributed by atoms with Crippen molar-refractivity contribution in [2.45, 2.75) is 11.8 Å². The van der Waals surface area contributed by atoms with Gasteiger partial charge in [-0.1, -0.05) is 18.2 Å². The zero-order valence-electron chi connectivity index (χ0n) is 16.6. The number of ether oxygens (including phenoxy) is 1. The lowest BCUT2D eigenvalue weighted by molar-refractivity contribution is -0.384. The summed E-state index contributed by atoms with van der Waals surface area (Å²) < 4.78 is 36.1. The Morgan fingerprint density at radius 1 is 1.00 bits per heavy atom. The van der Waals surface area contributed by atoms with Gasteiger partial charge in [0.15, 0.2) is 0 Å². The summed E-state index contributed by atoms with van der Waals surface area (Å²) >= 11 is 0. The van der Waals surface area contributed by atoms with Crippen molar-refractivity contribution in [3.05, 3.63) is 98.0 Å². The van der Waals surface area contributed by atoms with Crippen molar-refractivity contribution < 1.29 is 22.4 Å². The summed E-state index contributed by atoms with van der Waals surface area (Å²) in [7, 11) is -2.86. The van der Waals surface area contributed by atoms with Gasteiger partial charge in [-0.25, -0.2) is 0 Å². The smallest absolute Gasteiger partial charge is 0.357 e. The van der Waals surface area contributed by atoms with Crippen molar-refractivity contribution in [1.82, 2.24) is 4.73 Å². The lowest BCUT2D eigenvalue weighted by Crippen LogP contribution is -2.32. The Labute approximate surface area is 178 Å². The minimum Gasteiger partial charge on any atom is -0.497 e. The lowest BCUT2D eigenvalue weighted by atomic mass is 10.1. The Balaban J connectivity index is 1.96. The molecule has 0 amide bonds. The van der Waals surface area contributed by atoms with E-state index < -0.39 is 20.6 Å². The van der Waals surface area contributed by atoms with Gasteiger partial charge in [0, 0.05) is 18.2 Å². The molecule has 0 saturated carbocycles. The number of aryl methyl sites for hydroxylation is 1.